The van der Waals surface area contributed by atoms with Crippen molar-refractivity contribution in [2.45, 2.75) is 51.7 Å². The maximum Gasteiger partial charge on any atom is 0.304 e. The largest absolute Gasteiger partial charge is 0.475 e. The maximum absolute atomic E-state index is 14.4. The molecule has 0 heterocycles. The Labute approximate surface area is 151 Å². The summed E-state index contributed by atoms with van der Waals surface area (Å²) in [5.41, 5.74) is -1.42. The highest BCUT2D eigenvalue weighted by Gasteiger charge is 2.37. The smallest absolute Gasteiger partial charge is 0.304 e. The Bertz CT molecular complexity index is 749. The summed E-state index contributed by atoms with van der Waals surface area (Å²) in [6, 6.07) is 0.893. The van der Waals surface area contributed by atoms with Crippen LogP contribution in [0.4, 0.5) is 8.78 Å². The second kappa shape index (κ2) is 8.17. The number of halogens is 2. The molecule has 1 aliphatic carbocycles. The van der Waals surface area contributed by atoms with Crippen molar-refractivity contribution in [2.75, 3.05) is 6.61 Å². The molecular weight excluding hydrogens is 344 g/mol. The van der Waals surface area contributed by atoms with Gasteiger partial charge in [-0.25, -0.2) is 8.78 Å². The molecule has 26 heavy (non-hydrogen) atoms. The van der Waals surface area contributed by atoms with Crippen molar-refractivity contribution in [1.82, 2.24) is 5.32 Å². The number of carbonyl (C=O) groups is 2. The lowest BCUT2D eigenvalue weighted by Gasteiger charge is -2.37. The van der Waals surface area contributed by atoms with Crippen LogP contribution in [-0.4, -0.2) is 24.2 Å². The molecule has 1 aromatic rings. The molecule has 0 spiro atoms. The summed E-state index contributed by atoms with van der Waals surface area (Å²) in [6.07, 6.45) is 8.43. The van der Waals surface area contributed by atoms with Crippen LogP contribution in [0.25, 0.3) is 0 Å². The highest BCUT2D eigenvalue weighted by Crippen LogP contribution is 2.31. The van der Waals surface area contributed by atoms with E-state index in [1.54, 1.807) is 0 Å². The second-order valence-electron chi connectivity index (χ2n) is 6.27. The highest BCUT2D eigenvalue weighted by atomic mass is 19.1. The van der Waals surface area contributed by atoms with Crippen LogP contribution < -0.4 is 10.1 Å². The number of nitrogens with one attached hydrogen (secondary N) is 1. The van der Waals surface area contributed by atoms with Gasteiger partial charge in [0.05, 0.1) is 0 Å². The zero-order chi connectivity index (χ0) is 19.3. The van der Waals surface area contributed by atoms with Crippen molar-refractivity contribution in [2.24, 2.45) is 0 Å². The Hall–Kier alpha value is -2.62. The van der Waals surface area contributed by atoms with Crippen molar-refractivity contribution in [3.8, 4) is 18.1 Å². The van der Waals surface area contributed by atoms with E-state index in [2.05, 4.69) is 11.2 Å². The van der Waals surface area contributed by atoms with Gasteiger partial charge in [-0.15, -0.1) is 6.42 Å². The van der Waals surface area contributed by atoms with E-state index in [9.17, 15) is 18.4 Å². The molecule has 0 saturated heterocycles. The SMILES string of the molecule is C#CCOc1c(F)cc(C(=O)NC2(OC(C)=O)CCCCC2)c(C)c1F. The zero-order valence-corrected chi connectivity index (χ0v) is 14.8. The first-order valence-corrected chi connectivity index (χ1v) is 8.36. The van der Waals surface area contributed by atoms with Crippen molar-refractivity contribution in [3.05, 3.63) is 28.8 Å². The number of ether oxygens (including phenoxy) is 2. The number of amides is 1. The average Bonchev–Trinajstić information content (AvgIpc) is 2.58. The first kappa shape index (κ1) is 19.7. The predicted octanol–water partition coefficient (Wildman–Crippen LogP) is 3.24. The third-order valence-corrected chi connectivity index (χ3v) is 4.31. The van der Waals surface area contributed by atoms with E-state index in [-0.39, 0.29) is 17.7 Å². The van der Waals surface area contributed by atoms with Crippen LogP contribution in [0.5, 0.6) is 5.75 Å². The molecule has 1 fully saturated rings. The van der Waals surface area contributed by atoms with Crippen LogP contribution in [0.1, 0.15) is 54.9 Å². The summed E-state index contributed by atoms with van der Waals surface area (Å²) in [5, 5.41) is 2.65. The van der Waals surface area contributed by atoms with Crippen LogP contribution in [0.15, 0.2) is 6.07 Å². The van der Waals surface area contributed by atoms with E-state index in [4.69, 9.17) is 15.9 Å². The molecule has 0 unspecified atom stereocenters. The topological polar surface area (TPSA) is 64.6 Å². The summed E-state index contributed by atoms with van der Waals surface area (Å²) in [4.78, 5) is 24.1. The molecule has 0 aliphatic heterocycles. The van der Waals surface area contributed by atoms with Gasteiger partial charge in [-0.1, -0.05) is 12.3 Å². The fourth-order valence-electron chi connectivity index (χ4n) is 3.10. The summed E-state index contributed by atoms with van der Waals surface area (Å²) in [5.74, 6) is -1.76. The minimum Gasteiger partial charge on any atom is -0.475 e. The van der Waals surface area contributed by atoms with Gasteiger partial charge in [0.1, 0.15) is 6.61 Å². The number of rotatable bonds is 5. The molecule has 2 rings (SSSR count). The van der Waals surface area contributed by atoms with Crippen LogP contribution in [0, 0.1) is 30.9 Å². The Morgan fingerprint density at radius 2 is 1.96 bits per heavy atom. The molecule has 0 atom stereocenters. The van der Waals surface area contributed by atoms with Gasteiger partial charge in [-0.05, 0) is 25.8 Å². The third kappa shape index (κ3) is 4.31. The van der Waals surface area contributed by atoms with Gasteiger partial charge in [0, 0.05) is 30.9 Å². The Morgan fingerprint density at radius 3 is 2.54 bits per heavy atom. The first-order valence-electron chi connectivity index (χ1n) is 8.36. The summed E-state index contributed by atoms with van der Waals surface area (Å²) >= 11 is 0. The molecule has 7 heteroatoms. The number of hydrogen-bond acceptors (Lipinski definition) is 4. The Balaban J connectivity index is 2.31. The van der Waals surface area contributed by atoms with Crippen LogP contribution >= 0.6 is 0 Å². The molecule has 0 radical (unpaired) electrons. The van der Waals surface area contributed by atoms with Crippen LogP contribution in [-0.2, 0) is 9.53 Å². The normalized spacial score (nSPS) is 15.7. The van der Waals surface area contributed by atoms with Gasteiger partial charge >= 0.3 is 5.97 Å². The van der Waals surface area contributed by atoms with E-state index in [1.807, 2.05) is 0 Å². The summed E-state index contributed by atoms with van der Waals surface area (Å²) in [7, 11) is 0. The average molecular weight is 365 g/mol. The molecule has 1 N–H and O–H groups in total. The molecule has 140 valence electrons. The standard InChI is InChI=1S/C19H21F2NO4/c1-4-10-25-17-15(20)11-14(12(2)16(17)21)18(24)22-19(26-13(3)23)8-6-5-7-9-19/h1,11H,5-10H2,2-3H3,(H,22,24). The van der Waals surface area contributed by atoms with Gasteiger partial charge < -0.3 is 14.8 Å². The fraction of sp³-hybridized carbons (Fsp3) is 0.474. The minimum atomic E-state index is -1.15. The van der Waals surface area contributed by atoms with E-state index in [0.29, 0.717) is 12.8 Å². The van der Waals surface area contributed by atoms with Crippen LogP contribution in [0.3, 0.4) is 0 Å². The van der Waals surface area contributed by atoms with Crippen LogP contribution in [0.2, 0.25) is 0 Å². The third-order valence-electron chi connectivity index (χ3n) is 4.31. The Kier molecular flexibility index (Phi) is 6.19. The van der Waals surface area contributed by atoms with E-state index in [1.165, 1.54) is 13.8 Å². The molecule has 1 aliphatic rings. The quantitative estimate of drug-likeness (QED) is 0.494. The molecule has 1 saturated carbocycles. The Morgan fingerprint density at radius 1 is 1.31 bits per heavy atom. The number of benzene rings is 1. The van der Waals surface area contributed by atoms with Crippen molar-refractivity contribution < 1.29 is 27.8 Å². The van der Waals surface area contributed by atoms with Gasteiger partial charge in [-0.2, -0.15) is 0 Å². The lowest BCUT2D eigenvalue weighted by atomic mass is 9.91. The molecule has 1 aromatic carbocycles. The number of terminal acetylenes is 1. The fourth-order valence-corrected chi connectivity index (χ4v) is 3.10. The molecule has 1 amide bonds. The van der Waals surface area contributed by atoms with E-state index >= 15 is 0 Å². The van der Waals surface area contributed by atoms with Gasteiger partial charge in [0.25, 0.3) is 5.91 Å². The summed E-state index contributed by atoms with van der Waals surface area (Å²) < 4.78 is 38.8. The van der Waals surface area contributed by atoms with Gasteiger partial charge in [-0.3, -0.25) is 9.59 Å². The van der Waals surface area contributed by atoms with E-state index < -0.39 is 35.0 Å². The lowest BCUT2D eigenvalue weighted by Crippen LogP contribution is -2.52. The van der Waals surface area contributed by atoms with E-state index in [0.717, 1.165) is 25.3 Å². The van der Waals surface area contributed by atoms with Crippen molar-refractivity contribution in [3.63, 3.8) is 0 Å². The molecule has 0 bridgehead atoms. The summed E-state index contributed by atoms with van der Waals surface area (Å²) in [6.45, 7) is 2.30. The van der Waals surface area contributed by atoms with Crippen molar-refractivity contribution >= 4 is 11.9 Å². The van der Waals surface area contributed by atoms with Crippen molar-refractivity contribution in [1.29, 1.82) is 0 Å². The maximum atomic E-state index is 14.4. The lowest BCUT2D eigenvalue weighted by molar-refractivity contribution is -0.163. The zero-order valence-electron chi connectivity index (χ0n) is 14.8. The highest BCUT2D eigenvalue weighted by molar-refractivity contribution is 5.96. The van der Waals surface area contributed by atoms with Gasteiger partial charge in [0.15, 0.2) is 23.1 Å². The van der Waals surface area contributed by atoms with Gasteiger partial charge in [0.2, 0.25) is 0 Å². The number of hydrogen-bond donors (Lipinski definition) is 1. The molecule has 5 nitrogen and oxygen atoms in total. The minimum absolute atomic E-state index is 0.0790. The number of esters is 1. The number of carbonyl (C=O) groups excluding carboxylic acids is 2. The second-order valence-corrected chi connectivity index (χ2v) is 6.27. The predicted molar refractivity (Wildman–Crippen MR) is 90.5 cm³/mol. The molecular formula is C19H21F2NO4. The monoisotopic (exact) mass is 365 g/mol. The first-order chi connectivity index (χ1) is 12.3. The molecule has 0 aromatic heterocycles.